The van der Waals surface area contributed by atoms with Gasteiger partial charge in [-0.1, -0.05) is 18.2 Å². The van der Waals surface area contributed by atoms with Crippen LogP contribution in [-0.2, 0) is 10.0 Å². The highest BCUT2D eigenvalue weighted by Crippen LogP contribution is 2.34. The largest absolute Gasteiger partial charge is 0.346 e. The molecule has 1 saturated heterocycles. The summed E-state index contributed by atoms with van der Waals surface area (Å²) in [7, 11) is -3.34. The van der Waals surface area contributed by atoms with Crippen molar-refractivity contribution in [2.75, 3.05) is 17.8 Å². The third-order valence-electron chi connectivity index (χ3n) is 3.65. The van der Waals surface area contributed by atoms with E-state index >= 15 is 0 Å². The fourth-order valence-corrected chi connectivity index (χ4v) is 4.25. The second-order valence-corrected chi connectivity index (χ2v) is 6.56. The number of allylic oxidation sites excluding steroid dienone is 1. The van der Waals surface area contributed by atoms with Gasteiger partial charge in [-0.3, -0.25) is 4.72 Å². The average Bonchev–Trinajstić information content (AvgIpc) is 2.38. The zero-order valence-electron chi connectivity index (χ0n) is 10.1. The van der Waals surface area contributed by atoms with Crippen LogP contribution in [0.15, 0.2) is 29.2 Å². The number of para-hydroxylation sites is 1. The molecule has 18 heavy (non-hydrogen) atoms. The number of anilines is 1. The molecule has 0 aliphatic carbocycles. The highest BCUT2D eigenvalue weighted by molar-refractivity contribution is 7.96. The number of rotatable bonds is 1. The number of fused-ring (bicyclic) bond motifs is 1. The van der Waals surface area contributed by atoms with Gasteiger partial charge in [0.15, 0.2) is 0 Å². The first-order chi connectivity index (χ1) is 8.67. The highest BCUT2D eigenvalue weighted by Gasteiger charge is 2.31. The lowest BCUT2D eigenvalue weighted by Crippen LogP contribution is -2.86. The molecule has 0 saturated carbocycles. The molecule has 2 aliphatic heterocycles. The molecule has 4 nitrogen and oxygen atoms in total. The Morgan fingerprint density at radius 3 is 2.67 bits per heavy atom. The van der Waals surface area contributed by atoms with Gasteiger partial charge in [-0.05, 0) is 17.7 Å². The SMILES string of the molecule is O=S1(=O)Nc2ccccc2C=C1C1CC[NH2+]CC1. The van der Waals surface area contributed by atoms with Crippen LogP contribution in [0.2, 0.25) is 0 Å². The number of hydrogen-bond acceptors (Lipinski definition) is 2. The Kier molecular flexibility index (Phi) is 2.87. The molecule has 0 bridgehead atoms. The van der Waals surface area contributed by atoms with Crippen molar-refractivity contribution in [2.24, 2.45) is 5.92 Å². The molecule has 2 heterocycles. The maximum absolute atomic E-state index is 12.3. The molecule has 1 fully saturated rings. The van der Waals surface area contributed by atoms with Crippen molar-refractivity contribution in [3.05, 3.63) is 34.7 Å². The van der Waals surface area contributed by atoms with Crippen LogP contribution in [0, 0.1) is 5.92 Å². The first-order valence-electron chi connectivity index (χ1n) is 6.32. The van der Waals surface area contributed by atoms with Crippen LogP contribution < -0.4 is 10.0 Å². The van der Waals surface area contributed by atoms with Crippen LogP contribution in [0.3, 0.4) is 0 Å². The molecule has 0 atom stereocenters. The molecular weight excluding hydrogens is 248 g/mol. The summed E-state index contributed by atoms with van der Waals surface area (Å²) < 4.78 is 27.2. The lowest BCUT2D eigenvalue weighted by Gasteiger charge is -2.26. The van der Waals surface area contributed by atoms with E-state index in [9.17, 15) is 8.42 Å². The van der Waals surface area contributed by atoms with Gasteiger partial charge in [0.25, 0.3) is 10.0 Å². The van der Waals surface area contributed by atoms with Gasteiger partial charge < -0.3 is 5.32 Å². The zero-order valence-corrected chi connectivity index (χ0v) is 10.9. The second-order valence-electron chi connectivity index (χ2n) is 4.88. The maximum Gasteiger partial charge on any atom is 0.258 e. The fourth-order valence-electron chi connectivity index (χ4n) is 2.70. The molecule has 1 aromatic carbocycles. The van der Waals surface area contributed by atoms with Gasteiger partial charge in [-0.15, -0.1) is 0 Å². The Morgan fingerprint density at radius 1 is 1.17 bits per heavy atom. The second kappa shape index (κ2) is 4.40. The van der Waals surface area contributed by atoms with Gasteiger partial charge >= 0.3 is 0 Å². The predicted octanol–water partition coefficient (Wildman–Crippen LogP) is 0.756. The van der Waals surface area contributed by atoms with Gasteiger partial charge in [-0.2, -0.15) is 0 Å². The molecule has 3 rings (SSSR count). The van der Waals surface area contributed by atoms with Crippen LogP contribution in [0.25, 0.3) is 6.08 Å². The van der Waals surface area contributed by atoms with Crippen LogP contribution in [0.4, 0.5) is 5.69 Å². The van der Waals surface area contributed by atoms with Gasteiger partial charge in [0.1, 0.15) is 0 Å². The topological polar surface area (TPSA) is 62.8 Å². The zero-order chi connectivity index (χ0) is 12.6. The molecule has 0 unspecified atom stereocenters. The number of hydrogen-bond donors (Lipinski definition) is 2. The van der Waals surface area contributed by atoms with E-state index in [4.69, 9.17) is 0 Å². The van der Waals surface area contributed by atoms with E-state index in [1.54, 1.807) is 6.07 Å². The van der Waals surface area contributed by atoms with E-state index in [0.29, 0.717) is 10.6 Å². The Labute approximate surface area is 107 Å². The summed E-state index contributed by atoms with van der Waals surface area (Å²) in [5.74, 6) is 0.167. The summed E-state index contributed by atoms with van der Waals surface area (Å²) >= 11 is 0. The first-order valence-corrected chi connectivity index (χ1v) is 7.80. The summed E-state index contributed by atoms with van der Waals surface area (Å²) in [6.45, 7) is 2.03. The van der Waals surface area contributed by atoms with Crippen LogP contribution in [0.5, 0.6) is 0 Å². The number of quaternary nitrogens is 1. The van der Waals surface area contributed by atoms with Crippen molar-refractivity contribution >= 4 is 21.8 Å². The summed E-state index contributed by atoms with van der Waals surface area (Å²) in [4.78, 5) is 0.564. The number of nitrogens with two attached hydrogens (primary N) is 1. The normalized spacial score (nSPS) is 22.8. The third kappa shape index (κ3) is 2.04. The van der Waals surface area contributed by atoms with Crippen molar-refractivity contribution in [1.82, 2.24) is 0 Å². The molecule has 0 spiro atoms. The van der Waals surface area contributed by atoms with Crippen molar-refractivity contribution in [3.63, 3.8) is 0 Å². The Balaban J connectivity index is 2.04. The lowest BCUT2D eigenvalue weighted by atomic mass is 9.96. The predicted molar refractivity (Wildman–Crippen MR) is 71.3 cm³/mol. The van der Waals surface area contributed by atoms with Crippen molar-refractivity contribution in [2.45, 2.75) is 12.8 Å². The number of nitrogens with one attached hydrogen (secondary N) is 1. The molecule has 5 heteroatoms. The van der Waals surface area contributed by atoms with Crippen molar-refractivity contribution in [1.29, 1.82) is 0 Å². The van der Waals surface area contributed by atoms with Gasteiger partial charge in [0.2, 0.25) is 0 Å². The van der Waals surface area contributed by atoms with E-state index in [2.05, 4.69) is 10.0 Å². The Bertz CT molecular complexity index is 587. The van der Waals surface area contributed by atoms with E-state index < -0.39 is 10.0 Å². The van der Waals surface area contributed by atoms with Crippen LogP contribution in [0.1, 0.15) is 18.4 Å². The summed E-state index contributed by atoms with van der Waals surface area (Å²) in [6.07, 6.45) is 3.72. The summed E-state index contributed by atoms with van der Waals surface area (Å²) in [6, 6.07) is 7.53. The number of piperidine rings is 1. The minimum atomic E-state index is -3.34. The Hall–Kier alpha value is -1.33. The standard InChI is InChI=1S/C13H16N2O2S/c16-18(17)13(10-5-7-14-8-6-10)9-11-3-1-2-4-12(11)15-18/h1-4,9-10,14-15H,5-8H2/p+1. The number of sulfonamides is 1. The number of benzene rings is 1. The quantitative estimate of drug-likeness (QED) is 0.787. The first kappa shape index (κ1) is 11.7. The molecule has 0 radical (unpaired) electrons. The van der Waals surface area contributed by atoms with E-state index in [-0.39, 0.29) is 5.92 Å². The minimum absolute atomic E-state index is 0.167. The molecule has 96 valence electrons. The summed E-state index contributed by atoms with van der Waals surface area (Å²) in [5.41, 5.74) is 1.65. The summed E-state index contributed by atoms with van der Waals surface area (Å²) in [5, 5.41) is 2.24. The Morgan fingerprint density at radius 2 is 1.89 bits per heavy atom. The lowest BCUT2D eigenvalue weighted by molar-refractivity contribution is -0.664. The van der Waals surface area contributed by atoms with Gasteiger partial charge in [0.05, 0.1) is 23.7 Å². The fraction of sp³-hybridized carbons (Fsp3) is 0.385. The van der Waals surface area contributed by atoms with Crippen molar-refractivity contribution in [3.8, 4) is 0 Å². The molecule has 3 N–H and O–H groups in total. The van der Waals surface area contributed by atoms with Gasteiger partial charge in [0, 0.05) is 18.8 Å². The van der Waals surface area contributed by atoms with E-state index in [1.807, 2.05) is 24.3 Å². The van der Waals surface area contributed by atoms with E-state index in [1.165, 1.54) is 0 Å². The molecule has 0 aromatic heterocycles. The van der Waals surface area contributed by atoms with Crippen molar-refractivity contribution < 1.29 is 13.7 Å². The van der Waals surface area contributed by atoms with Gasteiger partial charge in [-0.25, -0.2) is 8.42 Å². The minimum Gasteiger partial charge on any atom is -0.346 e. The molecule has 1 aromatic rings. The monoisotopic (exact) mass is 265 g/mol. The highest BCUT2D eigenvalue weighted by atomic mass is 32.2. The smallest absolute Gasteiger partial charge is 0.258 e. The molecular formula is C13H17N2O2S+. The van der Waals surface area contributed by atoms with E-state index in [0.717, 1.165) is 31.5 Å². The average molecular weight is 265 g/mol. The molecule has 0 amide bonds. The molecule has 2 aliphatic rings. The third-order valence-corrected chi connectivity index (χ3v) is 5.21. The van der Waals surface area contributed by atoms with Crippen LogP contribution >= 0.6 is 0 Å². The van der Waals surface area contributed by atoms with Crippen LogP contribution in [-0.4, -0.2) is 21.5 Å². The maximum atomic E-state index is 12.3.